The van der Waals surface area contributed by atoms with E-state index in [0.717, 1.165) is 18.4 Å². The molecule has 152 valence electrons. The van der Waals surface area contributed by atoms with Gasteiger partial charge < -0.3 is 15.2 Å². The maximum absolute atomic E-state index is 11.8. The number of rotatable bonds is 12. The molecule has 28 heavy (non-hydrogen) atoms. The van der Waals surface area contributed by atoms with E-state index in [-0.39, 0.29) is 11.7 Å². The van der Waals surface area contributed by atoms with Crippen LogP contribution in [-0.4, -0.2) is 41.8 Å². The molecule has 1 heterocycles. The second-order valence-electron chi connectivity index (χ2n) is 5.81. The van der Waals surface area contributed by atoms with Crippen molar-refractivity contribution in [3.63, 3.8) is 0 Å². The molecule has 0 fully saturated rings. The highest BCUT2D eigenvalue weighted by molar-refractivity contribution is 8.01. The second-order valence-corrected chi connectivity index (χ2v) is 8.04. The van der Waals surface area contributed by atoms with Gasteiger partial charge in [0.15, 0.2) is 15.8 Å². The van der Waals surface area contributed by atoms with Crippen LogP contribution in [0.5, 0.6) is 11.5 Å². The van der Waals surface area contributed by atoms with Gasteiger partial charge in [-0.1, -0.05) is 49.3 Å². The zero-order chi connectivity index (χ0) is 20.2. The number of carbonyl (C=O) groups excluding carboxylic acids is 1. The van der Waals surface area contributed by atoms with E-state index in [1.54, 1.807) is 13.3 Å². The van der Waals surface area contributed by atoms with Crippen molar-refractivity contribution in [3.05, 3.63) is 23.8 Å². The predicted molar refractivity (Wildman–Crippen MR) is 113 cm³/mol. The highest BCUT2D eigenvalue weighted by atomic mass is 32.2. The van der Waals surface area contributed by atoms with Crippen LogP contribution in [0, 0.1) is 0 Å². The summed E-state index contributed by atoms with van der Waals surface area (Å²) in [7, 11) is 1.60. The van der Waals surface area contributed by atoms with Crippen LogP contribution in [0.15, 0.2) is 27.6 Å². The van der Waals surface area contributed by atoms with Gasteiger partial charge in [0.05, 0.1) is 25.7 Å². The molecule has 10 heteroatoms. The molecule has 0 saturated heterocycles. The van der Waals surface area contributed by atoms with Crippen molar-refractivity contribution in [1.29, 1.82) is 0 Å². The fourth-order valence-electron chi connectivity index (χ4n) is 2.21. The topological polar surface area (TPSA) is 112 Å². The van der Waals surface area contributed by atoms with Gasteiger partial charge in [0.1, 0.15) is 0 Å². The van der Waals surface area contributed by atoms with Crippen molar-refractivity contribution in [1.82, 2.24) is 15.6 Å². The fourth-order valence-corrected chi connectivity index (χ4v) is 3.64. The number of thioether (sulfide) groups is 1. The molecule has 3 N–H and O–H groups in total. The van der Waals surface area contributed by atoms with E-state index >= 15 is 0 Å². The normalized spacial score (nSPS) is 10.9. The van der Waals surface area contributed by atoms with E-state index in [1.807, 2.05) is 18.2 Å². The van der Waals surface area contributed by atoms with Crippen LogP contribution < -0.4 is 20.6 Å². The largest absolute Gasteiger partial charge is 0.493 e. The van der Waals surface area contributed by atoms with E-state index in [2.05, 4.69) is 27.6 Å². The molecule has 0 bridgehead atoms. The van der Waals surface area contributed by atoms with Crippen LogP contribution in [0.4, 0.5) is 5.13 Å². The van der Waals surface area contributed by atoms with E-state index in [1.165, 1.54) is 35.9 Å². The molecule has 0 aliphatic heterocycles. The molecule has 2 rings (SSSR count). The number of ether oxygens (including phenoxy) is 2. The Balaban J connectivity index is 1.79. The summed E-state index contributed by atoms with van der Waals surface area (Å²) in [6.07, 6.45) is 6.15. The lowest BCUT2D eigenvalue weighted by molar-refractivity contribution is -0.118. The summed E-state index contributed by atoms with van der Waals surface area (Å²) < 4.78 is 11.8. The predicted octanol–water partition coefficient (Wildman–Crippen LogP) is 3.33. The lowest BCUT2D eigenvalue weighted by Crippen LogP contribution is -2.19. The van der Waals surface area contributed by atoms with Gasteiger partial charge in [-0.25, -0.2) is 5.43 Å². The monoisotopic (exact) mass is 423 g/mol. The van der Waals surface area contributed by atoms with Gasteiger partial charge in [-0.15, -0.1) is 10.2 Å². The SMILES string of the molecule is CCCCCCOc1ccc(C=NNC(=O)CSc2nnc(N)s2)cc1OC. The first kappa shape index (κ1) is 22.0. The number of unbranched alkanes of at least 4 members (excludes halogenated alkanes) is 3. The third-order valence-corrected chi connectivity index (χ3v) is 5.48. The Morgan fingerprint density at radius 3 is 2.89 bits per heavy atom. The van der Waals surface area contributed by atoms with Crippen LogP contribution in [0.25, 0.3) is 0 Å². The molecular formula is C18H25N5O3S2. The molecular weight excluding hydrogens is 398 g/mol. The zero-order valence-corrected chi connectivity index (χ0v) is 17.6. The van der Waals surface area contributed by atoms with Crippen molar-refractivity contribution in [3.8, 4) is 11.5 Å². The Morgan fingerprint density at radius 1 is 1.32 bits per heavy atom. The van der Waals surface area contributed by atoms with Gasteiger partial charge in [0.25, 0.3) is 5.91 Å². The molecule has 8 nitrogen and oxygen atoms in total. The number of nitrogens with one attached hydrogen (secondary N) is 1. The summed E-state index contributed by atoms with van der Waals surface area (Å²) in [6.45, 7) is 2.85. The average Bonchev–Trinajstić information content (AvgIpc) is 3.12. The number of carbonyl (C=O) groups is 1. The molecule has 0 aliphatic carbocycles. The lowest BCUT2D eigenvalue weighted by Gasteiger charge is -2.11. The van der Waals surface area contributed by atoms with Gasteiger partial charge in [0.2, 0.25) is 5.13 Å². The molecule has 2 aromatic rings. The summed E-state index contributed by atoms with van der Waals surface area (Å²) in [5.41, 5.74) is 8.77. The Morgan fingerprint density at radius 2 is 2.18 bits per heavy atom. The summed E-state index contributed by atoms with van der Waals surface area (Å²) in [5.74, 6) is 1.28. The lowest BCUT2D eigenvalue weighted by atomic mass is 10.2. The maximum Gasteiger partial charge on any atom is 0.250 e. The van der Waals surface area contributed by atoms with Crippen LogP contribution >= 0.6 is 23.1 Å². The Hall–Kier alpha value is -2.33. The summed E-state index contributed by atoms with van der Waals surface area (Å²) in [5, 5.41) is 11.9. The summed E-state index contributed by atoms with van der Waals surface area (Å²) in [6, 6.07) is 5.52. The number of anilines is 1. The summed E-state index contributed by atoms with van der Waals surface area (Å²) in [4.78, 5) is 11.8. The number of nitrogen functional groups attached to an aromatic ring is 1. The zero-order valence-electron chi connectivity index (χ0n) is 16.0. The number of nitrogens with two attached hydrogens (primary N) is 1. The smallest absolute Gasteiger partial charge is 0.250 e. The number of amides is 1. The van der Waals surface area contributed by atoms with Gasteiger partial charge in [0, 0.05) is 0 Å². The number of benzene rings is 1. The molecule has 0 saturated carbocycles. The molecule has 0 radical (unpaired) electrons. The third-order valence-electron chi connectivity index (χ3n) is 3.59. The minimum absolute atomic E-state index is 0.181. The minimum Gasteiger partial charge on any atom is -0.493 e. The van der Waals surface area contributed by atoms with Gasteiger partial charge in [-0.2, -0.15) is 5.10 Å². The standard InChI is InChI=1S/C18H25N5O3S2/c1-3-4-5-6-9-26-14-8-7-13(10-15(14)25-2)11-20-21-16(24)12-27-18-23-22-17(19)28-18/h7-8,10-11H,3-6,9,12H2,1-2H3,(H2,19,22)(H,21,24). The van der Waals surface area contributed by atoms with E-state index < -0.39 is 0 Å². The van der Waals surface area contributed by atoms with E-state index in [4.69, 9.17) is 15.2 Å². The Kier molecular flexibility index (Phi) is 9.56. The van der Waals surface area contributed by atoms with Crippen LogP contribution in [0.3, 0.4) is 0 Å². The molecule has 1 aromatic carbocycles. The van der Waals surface area contributed by atoms with Crippen molar-refractivity contribution in [2.45, 2.75) is 36.9 Å². The van der Waals surface area contributed by atoms with Crippen molar-refractivity contribution >= 4 is 40.4 Å². The second kappa shape index (κ2) is 12.2. The molecule has 1 aromatic heterocycles. The first-order chi connectivity index (χ1) is 13.6. The quantitative estimate of drug-likeness (QED) is 0.233. The number of methoxy groups -OCH3 is 1. The first-order valence-electron chi connectivity index (χ1n) is 8.97. The first-order valence-corrected chi connectivity index (χ1v) is 10.8. The maximum atomic E-state index is 11.8. The van der Waals surface area contributed by atoms with Crippen molar-refractivity contribution < 1.29 is 14.3 Å². The van der Waals surface area contributed by atoms with E-state index in [9.17, 15) is 4.79 Å². The number of aromatic nitrogens is 2. The number of hydrogen-bond donors (Lipinski definition) is 2. The molecule has 0 aliphatic rings. The molecule has 1 amide bonds. The average molecular weight is 424 g/mol. The fraction of sp³-hybridized carbons (Fsp3) is 0.444. The minimum atomic E-state index is -0.242. The highest BCUT2D eigenvalue weighted by Crippen LogP contribution is 2.28. The van der Waals surface area contributed by atoms with Crippen LogP contribution in [0.2, 0.25) is 0 Å². The van der Waals surface area contributed by atoms with Crippen LogP contribution in [0.1, 0.15) is 38.2 Å². The number of nitrogens with zero attached hydrogens (tertiary/aromatic N) is 3. The van der Waals surface area contributed by atoms with Crippen molar-refractivity contribution in [2.24, 2.45) is 5.10 Å². The molecule has 0 atom stereocenters. The Bertz CT molecular complexity index is 782. The van der Waals surface area contributed by atoms with Gasteiger partial charge in [-0.05, 0) is 30.2 Å². The third kappa shape index (κ3) is 7.73. The van der Waals surface area contributed by atoms with Crippen LogP contribution in [-0.2, 0) is 4.79 Å². The van der Waals surface area contributed by atoms with Gasteiger partial charge >= 0.3 is 0 Å². The number of hydrogen-bond acceptors (Lipinski definition) is 9. The summed E-state index contributed by atoms with van der Waals surface area (Å²) >= 11 is 2.50. The molecule has 0 spiro atoms. The van der Waals surface area contributed by atoms with Crippen molar-refractivity contribution in [2.75, 3.05) is 25.2 Å². The number of hydrazone groups is 1. The highest BCUT2D eigenvalue weighted by Gasteiger charge is 2.07. The Labute approximate surface area is 172 Å². The van der Waals surface area contributed by atoms with E-state index in [0.29, 0.717) is 27.6 Å². The van der Waals surface area contributed by atoms with Gasteiger partial charge in [-0.3, -0.25) is 4.79 Å². The molecule has 0 unspecified atom stereocenters.